The van der Waals surface area contributed by atoms with Gasteiger partial charge >= 0.3 is 0 Å². The molecular weight excluding hydrogens is 201 g/mol. The molecule has 0 atom stereocenters. The molecule has 0 aliphatic rings. The van der Waals surface area contributed by atoms with E-state index in [0.29, 0.717) is 0 Å². The number of benzene rings is 1. The first-order valence-corrected chi connectivity index (χ1v) is 3.79. The van der Waals surface area contributed by atoms with Crippen LogP contribution in [-0.4, -0.2) is 4.98 Å². The van der Waals surface area contributed by atoms with Crippen LogP contribution in [-0.2, 0) is 17.1 Å². The van der Waals surface area contributed by atoms with Crippen molar-refractivity contribution in [3.63, 3.8) is 0 Å². The molecule has 0 saturated heterocycles. The SMILES string of the molecule is C=[C-]c1ccc2ccccc2n1.[Mn]. The van der Waals surface area contributed by atoms with E-state index in [1.165, 1.54) is 0 Å². The Morgan fingerprint density at radius 1 is 1.08 bits per heavy atom. The molecule has 2 heteroatoms. The van der Waals surface area contributed by atoms with Crippen molar-refractivity contribution in [2.45, 2.75) is 0 Å². The monoisotopic (exact) mass is 209 g/mol. The van der Waals surface area contributed by atoms with E-state index in [2.05, 4.69) is 17.6 Å². The van der Waals surface area contributed by atoms with Gasteiger partial charge in [-0.25, -0.2) is 6.08 Å². The standard InChI is InChI=1S/C11H8N.Mn/c1-2-10-8-7-9-5-3-4-6-11(9)12-10;/h3-8H,1H2;/q-1;. The molecule has 0 amide bonds. The summed E-state index contributed by atoms with van der Waals surface area (Å²) >= 11 is 0. The van der Waals surface area contributed by atoms with Gasteiger partial charge in [-0.3, -0.25) is 4.98 Å². The summed E-state index contributed by atoms with van der Waals surface area (Å²) in [6.45, 7) is 3.55. The van der Waals surface area contributed by atoms with E-state index in [0.717, 1.165) is 16.6 Å². The van der Waals surface area contributed by atoms with E-state index in [4.69, 9.17) is 0 Å². The zero-order valence-corrected chi connectivity index (χ0v) is 8.18. The molecule has 1 heterocycles. The van der Waals surface area contributed by atoms with Gasteiger partial charge in [0.25, 0.3) is 0 Å². The predicted octanol–water partition coefficient (Wildman–Crippen LogP) is 2.57. The van der Waals surface area contributed by atoms with E-state index in [1.807, 2.05) is 36.4 Å². The third-order valence-corrected chi connectivity index (χ3v) is 1.78. The van der Waals surface area contributed by atoms with Gasteiger partial charge in [-0.05, 0) is 11.5 Å². The van der Waals surface area contributed by atoms with Gasteiger partial charge in [0.2, 0.25) is 0 Å². The summed E-state index contributed by atoms with van der Waals surface area (Å²) in [5.41, 5.74) is 1.79. The number of fused-ring (bicyclic) bond motifs is 1. The second-order valence-corrected chi connectivity index (χ2v) is 2.57. The molecule has 0 N–H and O–H groups in total. The molecule has 0 unspecified atom stereocenters. The van der Waals surface area contributed by atoms with Crippen LogP contribution in [0.25, 0.3) is 10.9 Å². The van der Waals surface area contributed by atoms with Crippen molar-refractivity contribution >= 4 is 10.9 Å². The van der Waals surface area contributed by atoms with E-state index in [1.54, 1.807) is 0 Å². The van der Waals surface area contributed by atoms with Crippen molar-refractivity contribution in [1.29, 1.82) is 0 Å². The third-order valence-electron chi connectivity index (χ3n) is 1.78. The minimum Gasteiger partial charge on any atom is -0.288 e. The Hall–Kier alpha value is -1.11. The number of hydrogen-bond donors (Lipinski definition) is 0. The molecule has 65 valence electrons. The number of aromatic nitrogens is 1. The van der Waals surface area contributed by atoms with Gasteiger partial charge in [-0.1, -0.05) is 18.2 Å². The minimum atomic E-state index is 0. The summed E-state index contributed by atoms with van der Waals surface area (Å²) in [5.74, 6) is 0. The molecule has 2 rings (SSSR count). The maximum atomic E-state index is 4.32. The van der Waals surface area contributed by atoms with E-state index < -0.39 is 0 Å². The van der Waals surface area contributed by atoms with Gasteiger partial charge in [0, 0.05) is 17.1 Å². The Labute approximate surface area is 88.0 Å². The average molecular weight is 209 g/mol. The van der Waals surface area contributed by atoms with Gasteiger partial charge in [0.1, 0.15) is 0 Å². The fourth-order valence-electron chi connectivity index (χ4n) is 1.16. The van der Waals surface area contributed by atoms with Crippen LogP contribution in [0.15, 0.2) is 43.0 Å². The largest absolute Gasteiger partial charge is 0.288 e. The van der Waals surface area contributed by atoms with Crippen LogP contribution in [0.1, 0.15) is 5.69 Å². The van der Waals surface area contributed by atoms with Crippen LogP contribution in [0.3, 0.4) is 0 Å². The van der Waals surface area contributed by atoms with Gasteiger partial charge in [-0.2, -0.15) is 12.6 Å². The fraction of sp³-hybridized carbons (Fsp3) is 0. The van der Waals surface area contributed by atoms with Crippen LogP contribution >= 0.6 is 0 Å². The first kappa shape index (κ1) is 9.97. The Morgan fingerprint density at radius 3 is 2.62 bits per heavy atom. The number of rotatable bonds is 1. The van der Waals surface area contributed by atoms with E-state index >= 15 is 0 Å². The van der Waals surface area contributed by atoms with Crippen molar-refractivity contribution in [2.24, 2.45) is 0 Å². The molecule has 1 nitrogen and oxygen atoms in total. The van der Waals surface area contributed by atoms with Crippen molar-refractivity contribution in [2.75, 3.05) is 0 Å². The average Bonchev–Trinajstić information content (AvgIpc) is 2.17. The third kappa shape index (κ3) is 1.97. The van der Waals surface area contributed by atoms with Crippen LogP contribution < -0.4 is 0 Å². The van der Waals surface area contributed by atoms with Crippen LogP contribution in [0.5, 0.6) is 0 Å². The van der Waals surface area contributed by atoms with Gasteiger partial charge in [0.15, 0.2) is 0 Å². The predicted molar refractivity (Wildman–Crippen MR) is 49.7 cm³/mol. The van der Waals surface area contributed by atoms with Gasteiger partial charge in [-0.15, -0.1) is 11.8 Å². The van der Waals surface area contributed by atoms with Crippen LogP contribution in [0.4, 0.5) is 0 Å². The molecule has 0 bridgehead atoms. The molecule has 13 heavy (non-hydrogen) atoms. The van der Waals surface area contributed by atoms with Crippen molar-refractivity contribution < 1.29 is 17.1 Å². The molecule has 1 radical (unpaired) electrons. The molecular formula is C11H8MnN-. The molecule has 2 aromatic rings. The minimum absolute atomic E-state index is 0. The first-order valence-electron chi connectivity index (χ1n) is 3.79. The molecule has 1 aromatic heterocycles. The van der Waals surface area contributed by atoms with E-state index in [-0.39, 0.29) is 17.1 Å². The molecule has 0 spiro atoms. The number of pyridine rings is 1. The summed E-state index contributed by atoms with van der Waals surface area (Å²) < 4.78 is 0. The summed E-state index contributed by atoms with van der Waals surface area (Å²) in [6.07, 6.45) is 2.76. The quantitative estimate of drug-likeness (QED) is 0.519. The van der Waals surface area contributed by atoms with Gasteiger partial charge in [0.05, 0.1) is 5.52 Å². The van der Waals surface area contributed by atoms with Gasteiger partial charge < -0.3 is 0 Å². The summed E-state index contributed by atoms with van der Waals surface area (Å²) in [4.78, 5) is 4.32. The second-order valence-electron chi connectivity index (χ2n) is 2.57. The summed E-state index contributed by atoms with van der Waals surface area (Å²) in [7, 11) is 0. The smallest absolute Gasteiger partial charge is 0.0656 e. The number of hydrogen-bond acceptors (Lipinski definition) is 1. The Kier molecular flexibility index (Phi) is 3.24. The zero-order valence-electron chi connectivity index (χ0n) is 7.00. The van der Waals surface area contributed by atoms with Crippen molar-refractivity contribution in [3.8, 4) is 0 Å². The number of nitrogens with zero attached hydrogens (tertiary/aromatic N) is 1. The normalized spacial score (nSPS) is 9.23. The Balaban J connectivity index is 0.000000845. The molecule has 1 aromatic carbocycles. The number of para-hydroxylation sites is 1. The van der Waals surface area contributed by atoms with E-state index in [9.17, 15) is 0 Å². The van der Waals surface area contributed by atoms with Crippen LogP contribution in [0, 0.1) is 6.08 Å². The molecule has 0 aliphatic carbocycles. The first-order chi connectivity index (χ1) is 5.90. The molecule has 0 aliphatic heterocycles. The molecule has 0 fully saturated rings. The summed E-state index contributed by atoms with van der Waals surface area (Å²) in [5, 5.41) is 1.15. The molecule has 0 saturated carbocycles. The Morgan fingerprint density at radius 2 is 1.85 bits per heavy atom. The second kappa shape index (κ2) is 4.22. The maximum Gasteiger partial charge on any atom is 0.0656 e. The van der Waals surface area contributed by atoms with Crippen molar-refractivity contribution in [1.82, 2.24) is 4.98 Å². The van der Waals surface area contributed by atoms with Crippen LogP contribution in [0.2, 0.25) is 0 Å². The van der Waals surface area contributed by atoms with Crippen molar-refractivity contribution in [3.05, 3.63) is 54.7 Å². The zero-order chi connectivity index (χ0) is 8.39. The topological polar surface area (TPSA) is 12.9 Å². The fourth-order valence-corrected chi connectivity index (χ4v) is 1.16. The Bertz CT molecular complexity index is 423. The maximum absolute atomic E-state index is 4.32. The summed E-state index contributed by atoms with van der Waals surface area (Å²) in [6, 6.07) is 11.9.